The first-order chi connectivity index (χ1) is 8.11. The molecule has 0 aromatic rings. The minimum Gasteiger partial charge on any atom is -0.462 e. The number of hydrogen-bond acceptors (Lipinski definition) is 2. The lowest BCUT2D eigenvalue weighted by molar-refractivity contribution is -0.139. The van der Waals surface area contributed by atoms with Gasteiger partial charge in [0.15, 0.2) is 0 Å². The fourth-order valence-corrected chi connectivity index (χ4v) is 1.96. The summed E-state index contributed by atoms with van der Waals surface area (Å²) < 4.78 is 5.05. The van der Waals surface area contributed by atoms with Crippen LogP contribution >= 0.6 is 0 Å². The molecule has 0 rings (SSSR count). The highest BCUT2D eigenvalue weighted by atomic mass is 16.5. The number of unbranched alkanes of at least 4 members (excludes halogenated alkanes) is 2. The second kappa shape index (κ2) is 10.4. The average molecular weight is 240 g/mol. The zero-order valence-electron chi connectivity index (χ0n) is 11.8. The molecule has 0 spiro atoms. The lowest BCUT2D eigenvalue weighted by Gasteiger charge is -2.13. The average Bonchev–Trinajstić information content (AvgIpc) is 2.31. The molecule has 0 aliphatic rings. The molecule has 2 nitrogen and oxygen atoms in total. The van der Waals surface area contributed by atoms with Gasteiger partial charge in [-0.3, -0.25) is 0 Å². The summed E-state index contributed by atoms with van der Waals surface area (Å²) in [5.41, 5.74) is 0.485. The summed E-state index contributed by atoms with van der Waals surface area (Å²) >= 11 is 0. The van der Waals surface area contributed by atoms with E-state index in [1.54, 1.807) is 6.92 Å². The molecule has 0 aromatic heterocycles. The highest BCUT2D eigenvalue weighted by molar-refractivity contribution is 5.86. The Morgan fingerprint density at radius 3 is 2.41 bits per heavy atom. The molecular formula is C15H28O2. The molecule has 0 aliphatic carbocycles. The van der Waals surface area contributed by atoms with Crippen molar-refractivity contribution in [3.8, 4) is 0 Å². The third-order valence-electron chi connectivity index (χ3n) is 3.11. The topological polar surface area (TPSA) is 26.3 Å². The molecule has 0 fully saturated rings. The maximum atomic E-state index is 11.1. The van der Waals surface area contributed by atoms with Gasteiger partial charge in [-0.15, -0.1) is 0 Å². The summed E-state index contributed by atoms with van der Waals surface area (Å²) in [5.74, 6) is 0.625. The van der Waals surface area contributed by atoms with Crippen molar-refractivity contribution in [2.45, 2.75) is 65.7 Å². The molecule has 0 bridgehead atoms. The SMILES string of the molecule is C=C(C)C(=O)OCCCCCC(CC)CCC. The Hall–Kier alpha value is -0.790. The van der Waals surface area contributed by atoms with Gasteiger partial charge in [0.2, 0.25) is 0 Å². The van der Waals surface area contributed by atoms with E-state index in [9.17, 15) is 4.79 Å². The standard InChI is InChI=1S/C15H28O2/c1-5-10-14(6-2)11-8-7-9-12-17-15(16)13(3)4/h14H,3,5-12H2,1-2,4H3. The van der Waals surface area contributed by atoms with Crippen LogP contribution in [-0.2, 0) is 9.53 Å². The van der Waals surface area contributed by atoms with Crippen LogP contribution < -0.4 is 0 Å². The van der Waals surface area contributed by atoms with Gasteiger partial charge in [0.1, 0.15) is 0 Å². The summed E-state index contributed by atoms with van der Waals surface area (Å²) in [4.78, 5) is 11.1. The van der Waals surface area contributed by atoms with Gasteiger partial charge >= 0.3 is 5.97 Å². The number of esters is 1. The number of hydrogen-bond donors (Lipinski definition) is 0. The van der Waals surface area contributed by atoms with E-state index in [1.165, 1.54) is 32.1 Å². The van der Waals surface area contributed by atoms with Crippen LogP contribution in [0.1, 0.15) is 65.7 Å². The Kier molecular flexibility index (Phi) is 9.89. The molecule has 0 heterocycles. The van der Waals surface area contributed by atoms with E-state index in [4.69, 9.17) is 4.74 Å². The monoisotopic (exact) mass is 240 g/mol. The quantitative estimate of drug-likeness (QED) is 0.319. The minimum absolute atomic E-state index is 0.262. The van der Waals surface area contributed by atoms with Gasteiger partial charge < -0.3 is 4.74 Å². The van der Waals surface area contributed by atoms with Gasteiger partial charge in [-0.2, -0.15) is 0 Å². The van der Waals surface area contributed by atoms with Crippen LogP contribution in [0.15, 0.2) is 12.2 Å². The van der Waals surface area contributed by atoms with Gasteiger partial charge in [-0.25, -0.2) is 4.79 Å². The summed E-state index contributed by atoms with van der Waals surface area (Å²) in [5, 5.41) is 0. The van der Waals surface area contributed by atoms with Crippen molar-refractivity contribution in [1.29, 1.82) is 0 Å². The van der Waals surface area contributed by atoms with Crippen molar-refractivity contribution >= 4 is 5.97 Å². The van der Waals surface area contributed by atoms with E-state index in [2.05, 4.69) is 20.4 Å². The van der Waals surface area contributed by atoms with E-state index in [-0.39, 0.29) is 5.97 Å². The molecule has 0 aromatic carbocycles. The zero-order chi connectivity index (χ0) is 13.1. The first-order valence-electron chi connectivity index (χ1n) is 6.94. The first kappa shape index (κ1) is 16.2. The van der Waals surface area contributed by atoms with Crippen LogP contribution in [-0.4, -0.2) is 12.6 Å². The molecular weight excluding hydrogens is 212 g/mol. The Bertz CT molecular complexity index is 221. The third kappa shape index (κ3) is 8.96. The van der Waals surface area contributed by atoms with Crippen molar-refractivity contribution in [3.05, 3.63) is 12.2 Å². The largest absolute Gasteiger partial charge is 0.462 e. The van der Waals surface area contributed by atoms with Crippen LogP contribution in [0, 0.1) is 5.92 Å². The van der Waals surface area contributed by atoms with Crippen LogP contribution in [0.2, 0.25) is 0 Å². The normalized spacial score (nSPS) is 12.2. The maximum absolute atomic E-state index is 11.1. The van der Waals surface area contributed by atoms with Crippen LogP contribution in [0.4, 0.5) is 0 Å². The van der Waals surface area contributed by atoms with Crippen LogP contribution in [0.5, 0.6) is 0 Å². The summed E-state index contributed by atoms with van der Waals surface area (Å²) in [6.45, 7) is 10.3. The molecule has 1 atom stereocenters. The highest BCUT2D eigenvalue weighted by Gasteiger charge is 2.05. The summed E-state index contributed by atoms with van der Waals surface area (Å²) in [6, 6.07) is 0. The Labute approximate surface area is 106 Å². The molecule has 0 saturated carbocycles. The molecule has 100 valence electrons. The lowest BCUT2D eigenvalue weighted by atomic mass is 9.94. The molecule has 0 saturated heterocycles. The van der Waals surface area contributed by atoms with E-state index in [1.807, 2.05) is 0 Å². The first-order valence-corrected chi connectivity index (χ1v) is 6.94. The fraction of sp³-hybridized carbons (Fsp3) is 0.800. The van der Waals surface area contributed by atoms with Crippen molar-refractivity contribution in [3.63, 3.8) is 0 Å². The Morgan fingerprint density at radius 1 is 1.18 bits per heavy atom. The van der Waals surface area contributed by atoms with Gasteiger partial charge in [0.25, 0.3) is 0 Å². The number of carbonyl (C=O) groups is 1. The van der Waals surface area contributed by atoms with Gasteiger partial charge in [0, 0.05) is 5.57 Å². The van der Waals surface area contributed by atoms with E-state index in [0.29, 0.717) is 12.2 Å². The molecule has 17 heavy (non-hydrogen) atoms. The number of ether oxygens (including phenoxy) is 1. The molecule has 1 unspecified atom stereocenters. The lowest BCUT2D eigenvalue weighted by Crippen LogP contribution is -2.06. The van der Waals surface area contributed by atoms with Crippen molar-refractivity contribution in [1.82, 2.24) is 0 Å². The fourth-order valence-electron chi connectivity index (χ4n) is 1.96. The third-order valence-corrected chi connectivity index (χ3v) is 3.11. The molecule has 0 radical (unpaired) electrons. The van der Waals surface area contributed by atoms with E-state index >= 15 is 0 Å². The molecule has 0 aliphatic heterocycles. The molecule has 0 N–H and O–H groups in total. The predicted molar refractivity (Wildman–Crippen MR) is 72.9 cm³/mol. The summed E-state index contributed by atoms with van der Waals surface area (Å²) in [7, 11) is 0. The molecule has 0 amide bonds. The van der Waals surface area contributed by atoms with Crippen molar-refractivity contribution in [2.75, 3.05) is 6.61 Å². The Balaban J connectivity index is 3.39. The van der Waals surface area contributed by atoms with Crippen LogP contribution in [0.3, 0.4) is 0 Å². The van der Waals surface area contributed by atoms with Crippen molar-refractivity contribution < 1.29 is 9.53 Å². The Morgan fingerprint density at radius 2 is 1.88 bits per heavy atom. The zero-order valence-corrected chi connectivity index (χ0v) is 11.8. The van der Waals surface area contributed by atoms with E-state index < -0.39 is 0 Å². The summed E-state index contributed by atoms with van der Waals surface area (Å²) in [6.07, 6.45) is 8.63. The number of carbonyl (C=O) groups excluding carboxylic acids is 1. The van der Waals surface area contributed by atoms with E-state index in [0.717, 1.165) is 18.8 Å². The second-order valence-corrected chi connectivity index (χ2v) is 4.83. The predicted octanol–water partition coefficient (Wildman–Crippen LogP) is 4.49. The number of rotatable bonds is 10. The maximum Gasteiger partial charge on any atom is 0.333 e. The van der Waals surface area contributed by atoms with Gasteiger partial charge in [-0.1, -0.05) is 59.0 Å². The van der Waals surface area contributed by atoms with Crippen LogP contribution in [0.25, 0.3) is 0 Å². The van der Waals surface area contributed by atoms with Gasteiger partial charge in [0.05, 0.1) is 6.61 Å². The highest BCUT2D eigenvalue weighted by Crippen LogP contribution is 2.18. The second-order valence-electron chi connectivity index (χ2n) is 4.83. The molecule has 2 heteroatoms. The van der Waals surface area contributed by atoms with Gasteiger partial charge in [-0.05, 0) is 19.3 Å². The minimum atomic E-state index is -0.262. The van der Waals surface area contributed by atoms with Crippen molar-refractivity contribution in [2.24, 2.45) is 5.92 Å². The smallest absolute Gasteiger partial charge is 0.333 e.